The highest BCUT2D eigenvalue weighted by Crippen LogP contribution is 2.46. The van der Waals surface area contributed by atoms with Crippen molar-refractivity contribution in [2.24, 2.45) is 17.8 Å². The van der Waals surface area contributed by atoms with Gasteiger partial charge >= 0.3 is 6.09 Å². The highest BCUT2D eigenvalue weighted by Gasteiger charge is 2.62. The Kier molecular flexibility index (Phi) is 10.5. The molecule has 1 aromatic carbocycles. The molecule has 14 nitrogen and oxygen atoms in total. The first-order valence-electron chi connectivity index (χ1n) is 19.6. The number of fused-ring (bicyclic) bond motifs is 3. The van der Waals surface area contributed by atoms with E-state index in [2.05, 4.69) is 27.3 Å². The topological polar surface area (TPSA) is 182 Å². The number of carbonyl (C=O) groups excluding carboxylic acids is 4. The van der Waals surface area contributed by atoms with Gasteiger partial charge in [0.05, 0.1) is 24.1 Å². The third-order valence-electron chi connectivity index (χ3n) is 11.1. The number of nitrogens with one attached hydrogen (secondary N) is 3. The molecule has 298 valence electrons. The van der Waals surface area contributed by atoms with Crippen molar-refractivity contribution in [3.63, 3.8) is 0 Å². The number of pyridine rings is 1. The van der Waals surface area contributed by atoms with Gasteiger partial charge < -0.3 is 29.7 Å². The van der Waals surface area contributed by atoms with Crippen LogP contribution >= 0.6 is 0 Å². The van der Waals surface area contributed by atoms with Crippen molar-refractivity contribution in [2.45, 2.75) is 133 Å². The number of nitrogens with zero attached hydrogens (tertiary/aromatic N) is 2. The number of aromatic nitrogens is 1. The molecule has 5 aliphatic rings. The zero-order chi connectivity index (χ0) is 39.3. The van der Waals surface area contributed by atoms with Gasteiger partial charge in [-0.1, -0.05) is 44.2 Å². The third kappa shape index (κ3) is 8.86. The number of rotatable bonds is 8. The van der Waals surface area contributed by atoms with Crippen molar-refractivity contribution < 1.29 is 41.8 Å². The predicted molar refractivity (Wildman–Crippen MR) is 203 cm³/mol. The summed E-state index contributed by atoms with van der Waals surface area (Å²) in [5.41, 5.74) is -2.33. The van der Waals surface area contributed by atoms with Crippen LogP contribution in [-0.4, -0.2) is 89.3 Å². The van der Waals surface area contributed by atoms with Crippen molar-refractivity contribution in [3.8, 4) is 11.6 Å². The second-order valence-electron chi connectivity index (χ2n) is 17.2. The number of hydrogen-bond donors (Lipinski definition) is 3. The summed E-state index contributed by atoms with van der Waals surface area (Å²) in [4.78, 5) is 62.3. The first-order chi connectivity index (χ1) is 26.0. The van der Waals surface area contributed by atoms with Crippen LogP contribution < -0.4 is 24.8 Å². The van der Waals surface area contributed by atoms with Gasteiger partial charge in [0.25, 0.3) is 5.91 Å². The first-order valence-corrected chi connectivity index (χ1v) is 21.1. The SMILES string of the molecule is C[C@H]1CC/C=C\[C@@H]2C[C@@]2(C(=O)NS(=O)(=O)C2CC2)NC(=O)[C@@H]2C[C@@H](Oc3ncc(OC4CC4)c4ccccc34)CN2C(=O)[C@@H](NC(=O)OC(C)(C)C)[C@H](C)C1. The molecule has 0 bridgehead atoms. The van der Waals surface area contributed by atoms with Crippen LogP contribution in [0.3, 0.4) is 0 Å². The van der Waals surface area contributed by atoms with E-state index in [1.54, 1.807) is 27.0 Å². The van der Waals surface area contributed by atoms with E-state index in [0.29, 0.717) is 42.7 Å². The lowest BCUT2D eigenvalue weighted by molar-refractivity contribution is -0.142. The number of amides is 4. The fourth-order valence-electron chi connectivity index (χ4n) is 7.78. The van der Waals surface area contributed by atoms with Crippen molar-refractivity contribution in [3.05, 3.63) is 42.6 Å². The quantitative estimate of drug-likeness (QED) is 0.323. The smallest absolute Gasteiger partial charge is 0.408 e. The van der Waals surface area contributed by atoms with Crippen LogP contribution in [0, 0.1) is 17.8 Å². The Labute approximate surface area is 322 Å². The van der Waals surface area contributed by atoms with Gasteiger partial charge in [-0.2, -0.15) is 0 Å². The summed E-state index contributed by atoms with van der Waals surface area (Å²) < 4.78 is 46.2. The van der Waals surface area contributed by atoms with Crippen LogP contribution in [0.1, 0.15) is 92.4 Å². The number of ether oxygens (including phenoxy) is 3. The lowest BCUT2D eigenvalue weighted by atomic mass is 9.88. The molecule has 1 aromatic heterocycles. The zero-order valence-corrected chi connectivity index (χ0v) is 33.0. The molecule has 3 saturated carbocycles. The second kappa shape index (κ2) is 14.9. The van der Waals surface area contributed by atoms with E-state index in [-0.39, 0.29) is 37.3 Å². The molecule has 0 radical (unpaired) electrons. The normalized spacial score (nSPS) is 30.8. The van der Waals surface area contributed by atoms with Gasteiger partial charge in [0.2, 0.25) is 27.7 Å². The number of allylic oxidation sites excluding steroid dienone is 1. The van der Waals surface area contributed by atoms with Crippen molar-refractivity contribution >= 4 is 44.6 Å². The Morgan fingerprint density at radius 3 is 2.40 bits per heavy atom. The number of hydrogen-bond acceptors (Lipinski definition) is 10. The van der Waals surface area contributed by atoms with E-state index in [1.165, 1.54) is 4.90 Å². The van der Waals surface area contributed by atoms with Crippen LogP contribution in [-0.2, 0) is 29.1 Å². The van der Waals surface area contributed by atoms with Crippen LogP contribution in [0.4, 0.5) is 4.79 Å². The number of carbonyl (C=O) groups is 4. The van der Waals surface area contributed by atoms with Gasteiger partial charge in [-0.3, -0.25) is 19.1 Å². The molecule has 3 heterocycles. The highest BCUT2D eigenvalue weighted by molar-refractivity contribution is 7.91. The monoisotopic (exact) mass is 779 g/mol. The fraction of sp³-hybridized carbons (Fsp3) is 0.625. The summed E-state index contributed by atoms with van der Waals surface area (Å²) in [6.07, 6.45) is 9.42. The molecular formula is C40H53N5O9S. The molecular weight excluding hydrogens is 727 g/mol. The van der Waals surface area contributed by atoms with Crippen LogP contribution in [0.2, 0.25) is 0 Å². The second-order valence-corrected chi connectivity index (χ2v) is 19.1. The molecule has 0 unspecified atom stereocenters. The van der Waals surface area contributed by atoms with Gasteiger partial charge in [0, 0.05) is 23.1 Å². The Morgan fingerprint density at radius 2 is 1.71 bits per heavy atom. The Morgan fingerprint density at radius 1 is 0.982 bits per heavy atom. The Bertz CT molecular complexity index is 1970. The molecule has 7 rings (SSSR count). The van der Waals surface area contributed by atoms with Crippen LogP contribution in [0.15, 0.2) is 42.6 Å². The number of sulfonamides is 1. The average Bonchev–Trinajstić information content (AvgIpc) is 4.01. The standard InChI is InChI=1S/C40H53N5O9S/c1-23-10-6-7-11-25-20-40(25,37(48)44-55(50,51)28-16-17-28)43-34(46)31-19-27(22-45(31)36(47)33(24(2)18-23)42-38(49)54-39(3,4)5)53-35-30-13-9-8-12-29(30)32(21-41-35)52-26-14-15-26/h7-9,11-13,21,23-28,31,33H,6,10,14-20,22H2,1-5H3,(H,42,49)(H,43,46)(H,44,48)/b11-7-/t23-,24+,25+,27+,31-,33-,40+/m0/s1. The Balaban J connectivity index is 1.21. The lowest BCUT2D eigenvalue weighted by Gasteiger charge is -2.33. The molecule has 1 saturated heterocycles. The van der Waals surface area contributed by atoms with E-state index in [9.17, 15) is 27.6 Å². The molecule has 4 amide bonds. The van der Waals surface area contributed by atoms with Crippen molar-refractivity contribution in [1.82, 2.24) is 25.2 Å². The summed E-state index contributed by atoms with van der Waals surface area (Å²) in [6, 6.07) is 5.43. The number of alkyl carbamates (subject to hydrolysis) is 1. The van der Waals surface area contributed by atoms with E-state index in [1.807, 2.05) is 43.3 Å². The molecule has 55 heavy (non-hydrogen) atoms. The molecule has 4 fully saturated rings. The average molecular weight is 780 g/mol. The maximum atomic E-state index is 14.8. The number of benzene rings is 1. The maximum absolute atomic E-state index is 14.8. The van der Waals surface area contributed by atoms with E-state index < -0.39 is 74.3 Å². The minimum atomic E-state index is -3.90. The molecule has 3 aliphatic carbocycles. The summed E-state index contributed by atoms with van der Waals surface area (Å²) >= 11 is 0. The molecule has 2 aromatic rings. The minimum Gasteiger partial charge on any atom is -0.488 e. The maximum Gasteiger partial charge on any atom is 0.408 e. The highest BCUT2D eigenvalue weighted by atomic mass is 32.2. The van der Waals surface area contributed by atoms with Gasteiger partial charge in [-0.05, 0) is 90.0 Å². The van der Waals surface area contributed by atoms with Gasteiger partial charge in [-0.25, -0.2) is 18.2 Å². The summed E-state index contributed by atoms with van der Waals surface area (Å²) in [6.45, 7) is 9.19. The van der Waals surface area contributed by atoms with E-state index in [4.69, 9.17) is 14.2 Å². The zero-order valence-electron chi connectivity index (χ0n) is 32.2. The van der Waals surface area contributed by atoms with Crippen LogP contribution in [0.25, 0.3) is 10.8 Å². The first kappa shape index (κ1) is 38.9. The Hall–Kier alpha value is -4.40. The predicted octanol–water partition coefficient (Wildman–Crippen LogP) is 4.51. The van der Waals surface area contributed by atoms with Gasteiger partial charge in [0.15, 0.2) is 0 Å². The minimum absolute atomic E-state index is 0.0133. The molecule has 2 aliphatic heterocycles. The molecule has 0 spiro atoms. The van der Waals surface area contributed by atoms with E-state index in [0.717, 1.165) is 24.6 Å². The van der Waals surface area contributed by atoms with Crippen molar-refractivity contribution in [1.29, 1.82) is 0 Å². The molecule has 15 heteroatoms. The molecule has 7 atom stereocenters. The van der Waals surface area contributed by atoms with Gasteiger partial charge in [-0.15, -0.1) is 0 Å². The fourth-order valence-corrected chi connectivity index (χ4v) is 9.15. The summed E-state index contributed by atoms with van der Waals surface area (Å²) in [5, 5.41) is 6.64. The lowest BCUT2D eigenvalue weighted by Crippen LogP contribution is -2.59. The summed E-state index contributed by atoms with van der Waals surface area (Å²) in [5.74, 6) is -1.53. The van der Waals surface area contributed by atoms with E-state index >= 15 is 0 Å². The molecule has 3 N–H and O–H groups in total. The van der Waals surface area contributed by atoms with Crippen molar-refractivity contribution in [2.75, 3.05) is 6.54 Å². The largest absolute Gasteiger partial charge is 0.488 e. The third-order valence-corrected chi connectivity index (χ3v) is 12.9. The summed E-state index contributed by atoms with van der Waals surface area (Å²) in [7, 11) is -3.90. The van der Waals surface area contributed by atoms with Gasteiger partial charge in [0.1, 0.15) is 35.1 Å². The van der Waals surface area contributed by atoms with Crippen LogP contribution in [0.5, 0.6) is 11.6 Å².